The van der Waals surface area contributed by atoms with Crippen LogP contribution in [0.2, 0.25) is 5.02 Å². The van der Waals surface area contributed by atoms with E-state index >= 15 is 0 Å². The van der Waals surface area contributed by atoms with Gasteiger partial charge in [0.1, 0.15) is 17.3 Å². The number of nitrogens with one attached hydrogen (secondary N) is 1. The van der Waals surface area contributed by atoms with E-state index < -0.39 is 17.5 Å². The standard InChI is InChI=1S/C13H8ClF2N3OS/c14-7-3-9(15)8(10(16)4-7)5-17-12(20)11-6-19-1-2-21-13(19)18-11/h1-4,6H,5H2,(H,17,20). The van der Waals surface area contributed by atoms with Crippen molar-refractivity contribution in [3.8, 4) is 0 Å². The van der Waals surface area contributed by atoms with E-state index in [1.807, 2.05) is 5.38 Å². The third kappa shape index (κ3) is 2.74. The van der Waals surface area contributed by atoms with Gasteiger partial charge in [-0.3, -0.25) is 9.20 Å². The van der Waals surface area contributed by atoms with Crippen LogP contribution in [0.5, 0.6) is 0 Å². The van der Waals surface area contributed by atoms with Crippen LogP contribution >= 0.6 is 22.9 Å². The smallest absolute Gasteiger partial charge is 0.271 e. The molecule has 0 fully saturated rings. The monoisotopic (exact) mass is 327 g/mol. The molecule has 1 N–H and O–H groups in total. The van der Waals surface area contributed by atoms with Gasteiger partial charge in [-0.15, -0.1) is 11.3 Å². The van der Waals surface area contributed by atoms with Crippen LogP contribution in [-0.2, 0) is 6.54 Å². The van der Waals surface area contributed by atoms with Gasteiger partial charge in [-0.2, -0.15) is 0 Å². The highest BCUT2D eigenvalue weighted by atomic mass is 35.5. The maximum absolute atomic E-state index is 13.6. The molecule has 108 valence electrons. The number of nitrogens with zero attached hydrogens (tertiary/aromatic N) is 2. The van der Waals surface area contributed by atoms with Crippen LogP contribution in [0, 0.1) is 11.6 Å². The maximum atomic E-state index is 13.6. The van der Waals surface area contributed by atoms with Crippen molar-refractivity contribution >= 4 is 33.8 Å². The third-order valence-corrected chi connectivity index (χ3v) is 3.85. The predicted octanol–water partition coefficient (Wildman–Crippen LogP) is 3.26. The Hall–Kier alpha value is -1.99. The van der Waals surface area contributed by atoms with Crippen LogP contribution in [0.4, 0.5) is 8.78 Å². The van der Waals surface area contributed by atoms with Crippen molar-refractivity contribution in [2.75, 3.05) is 0 Å². The molecular formula is C13H8ClF2N3OS. The van der Waals surface area contributed by atoms with E-state index in [2.05, 4.69) is 10.3 Å². The minimum atomic E-state index is -0.800. The normalized spacial score (nSPS) is 11.0. The Labute approximate surface area is 127 Å². The van der Waals surface area contributed by atoms with Crippen LogP contribution in [0.15, 0.2) is 29.9 Å². The molecule has 0 aliphatic carbocycles. The summed E-state index contributed by atoms with van der Waals surface area (Å²) in [5, 5.41) is 4.24. The van der Waals surface area contributed by atoms with Crippen molar-refractivity contribution < 1.29 is 13.6 Å². The number of carbonyl (C=O) groups is 1. The van der Waals surface area contributed by atoms with Gasteiger partial charge in [0, 0.05) is 34.9 Å². The molecule has 0 unspecified atom stereocenters. The van der Waals surface area contributed by atoms with Gasteiger partial charge in [-0.1, -0.05) is 11.6 Å². The molecule has 1 amide bonds. The van der Waals surface area contributed by atoms with Crippen LogP contribution in [-0.4, -0.2) is 15.3 Å². The Bertz CT molecular complexity index is 778. The second-order valence-corrected chi connectivity index (χ2v) is 5.56. The number of rotatable bonds is 3. The molecule has 0 aliphatic rings. The summed E-state index contributed by atoms with van der Waals surface area (Å²) >= 11 is 6.92. The highest BCUT2D eigenvalue weighted by molar-refractivity contribution is 7.15. The van der Waals surface area contributed by atoms with Crippen LogP contribution in [0.25, 0.3) is 4.96 Å². The Morgan fingerprint density at radius 2 is 2.10 bits per heavy atom. The molecule has 0 saturated carbocycles. The number of imidazole rings is 1. The SMILES string of the molecule is O=C(NCc1c(F)cc(Cl)cc1F)c1cn2ccsc2n1. The van der Waals surface area contributed by atoms with Gasteiger partial charge in [-0.05, 0) is 12.1 Å². The van der Waals surface area contributed by atoms with Crippen molar-refractivity contribution in [3.05, 3.63) is 57.8 Å². The van der Waals surface area contributed by atoms with Crippen molar-refractivity contribution in [1.82, 2.24) is 14.7 Å². The number of hydrogen-bond donors (Lipinski definition) is 1. The van der Waals surface area contributed by atoms with Crippen LogP contribution in [0.3, 0.4) is 0 Å². The third-order valence-electron chi connectivity index (χ3n) is 2.86. The fourth-order valence-electron chi connectivity index (χ4n) is 1.84. The van der Waals surface area contributed by atoms with Crippen molar-refractivity contribution in [1.29, 1.82) is 0 Å². The van der Waals surface area contributed by atoms with E-state index in [1.165, 1.54) is 11.3 Å². The summed E-state index contributed by atoms with van der Waals surface area (Å²) in [6, 6.07) is 2.00. The molecule has 3 aromatic rings. The van der Waals surface area contributed by atoms with Gasteiger partial charge in [0.15, 0.2) is 4.96 Å². The van der Waals surface area contributed by atoms with E-state index in [0.29, 0.717) is 4.96 Å². The van der Waals surface area contributed by atoms with Gasteiger partial charge >= 0.3 is 0 Å². The highest BCUT2D eigenvalue weighted by Crippen LogP contribution is 2.19. The summed E-state index contributed by atoms with van der Waals surface area (Å²) in [4.78, 5) is 16.7. The molecule has 0 saturated heterocycles. The fraction of sp³-hybridized carbons (Fsp3) is 0.0769. The van der Waals surface area contributed by atoms with Gasteiger partial charge in [0.05, 0.1) is 0 Å². The molecule has 21 heavy (non-hydrogen) atoms. The quantitative estimate of drug-likeness (QED) is 0.802. The molecular weight excluding hydrogens is 320 g/mol. The first-order valence-corrected chi connectivity index (χ1v) is 7.14. The fourth-order valence-corrected chi connectivity index (χ4v) is 2.73. The minimum absolute atomic E-state index is 0.0329. The summed E-state index contributed by atoms with van der Waals surface area (Å²) in [6.07, 6.45) is 3.32. The van der Waals surface area contributed by atoms with E-state index in [1.54, 1.807) is 16.8 Å². The topological polar surface area (TPSA) is 46.4 Å². The van der Waals surface area contributed by atoms with Crippen LogP contribution in [0.1, 0.15) is 16.1 Å². The molecule has 0 aliphatic heterocycles. The van der Waals surface area contributed by atoms with Crippen LogP contribution < -0.4 is 5.32 Å². The number of amides is 1. The molecule has 0 atom stereocenters. The first-order chi connectivity index (χ1) is 10.0. The zero-order chi connectivity index (χ0) is 15.0. The second-order valence-electron chi connectivity index (χ2n) is 4.25. The van der Waals surface area contributed by atoms with Crippen molar-refractivity contribution in [2.24, 2.45) is 0 Å². The zero-order valence-electron chi connectivity index (χ0n) is 10.4. The lowest BCUT2D eigenvalue weighted by Crippen LogP contribution is -2.24. The first kappa shape index (κ1) is 14.0. The Morgan fingerprint density at radius 1 is 1.38 bits per heavy atom. The summed E-state index contributed by atoms with van der Waals surface area (Å²) in [6.45, 7) is -0.279. The molecule has 0 bridgehead atoms. The highest BCUT2D eigenvalue weighted by Gasteiger charge is 2.15. The van der Waals surface area contributed by atoms with E-state index in [0.717, 1.165) is 12.1 Å². The number of aromatic nitrogens is 2. The Kier molecular flexibility index (Phi) is 3.60. The average Bonchev–Trinajstić information content (AvgIpc) is 2.97. The van der Waals surface area contributed by atoms with E-state index in [-0.39, 0.29) is 22.8 Å². The first-order valence-electron chi connectivity index (χ1n) is 5.88. The molecule has 8 heteroatoms. The maximum Gasteiger partial charge on any atom is 0.271 e. The summed E-state index contributed by atoms with van der Waals surface area (Å²) in [7, 11) is 0. The Balaban J connectivity index is 1.75. The molecule has 2 heterocycles. The lowest BCUT2D eigenvalue weighted by Gasteiger charge is -2.06. The molecule has 1 aromatic carbocycles. The number of fused-ring (bicyclic) bond motifs is 1. The number of carbonyl (C=O) groups excluding carboxylic acids is 1. The molecule has 4 nitrogen and oxygen atoms in total. The summed E-state index contributed by atoms with van der Waals surface area (Å²) < 4.78 is 28.9. The van der Waals surface area contributed by atoms with E-state index in [9.17, 15) is 13.6 Å². The van der Waals surface area contributed by atoms with Crippen molar-refractivity contribution in [2.45, 2.75) is 6.54 Å². The van der Waals surface area contributed by atoms with Crippen molar-refractivity contribution in [3.63, 3.8) is 0 Å². The van der Waals surface area contributed by atoms with E-state index in [4.69, 9.17) is 11.6 Å². The van der Waals surface area contributed by atoms with Gasteiger partial charge in [-0.25, -0.2) is 13.8 Å². The molecule has 2 aromatic heterocycles. The molecule has 3 rings (SSSR count). The summed E-state index contributed by atoms with van der Waals surface area (Å²) in [5.74, 6) is -2.10. The van der Waals surface area contributed by atoms with Gasteiger partial charge in [0.25, 0.3) is 5.91 Å². The Morgan fingerprint density at radius 3 is 2.76 bits per heavy atom. The minimum Gasteiger partial charge on any atom is -0.346 e. The number of thiazole rings is 1. The zero-order valence-corrected chi connectivity index (χ0v) is 12.0. The lowest BCUT2D eigenvalue weighted by molar-refractivity contribution is 0.0946. The summed E-state index contributed by atoms with van der Waals surface area (Å²) in [5.41, 5.74) is -0.0506. The number of halogens is 3. The van der Waals surface area contributed by atoms with Gasteiger partial charge < -0.3 is 5.32 Å². The lowest BCUT2D eigenvalue weighted by atomic mass is 10.2. The number of benzene rings is 1. The molecule has 0 spiro atoms. The number of hydrogen-bond acceptors (Lipinski definition) is 3. The largest absolute Gasteiger partial charge is 0.346 e. The average molecular weight is 328 g/mol. The van der Waals surface area contributed by atoms with Gasteiger partial charge in [0.2, 0.25) is 0 Å². The second kappa shape index (κ2) is 5.42. The molecule has 0 radical (unpaired) electrons. The predicted molar refractivity (Wildman–Crippen MR) is 75.6 cm³/mol.